The average molecular weight is 433 g/mol. The van der Waals surface area contributed by atoms with Crippen molar-refractivity contribution in [3.63, 3.8) is 0 Å². The molecule has 4 rings (SSSR count). The van der Waals surface area contributed by atoms with E-state index in [4.69, 9.17) is 10.5 Å². The molecule has 2 N–H and O–H groups in total. The Kier molecular flexibility index (Phi) is 5.07. The fraction of sp³-hybridized carbons (Fsp3) is 0.182. The maximum Gasteiger partial charge on any atom is 0.175 e. The number of halogens is 3. The lowest BCUT2D eigenvalue weighted by Crippen LogP contribution is -2.38. The fourth-order valence-electron chi connectivity index (χ4n) is 3.58. The number of rotatable bonds is 3. The Morgan fingerprint density at radius 3 is 2.37 bits per heavy atom. The number of sulfone groups is 1. The Balaban J connectivity index is 1.68. The van der Waals surface area contributed by atoms with E-state index in [1.54, 1.807) is 30.3 Å². The minimum Gasteiger partial charge on any atom is -0.484 e. The van der Waals surface area contributed by atoms with Crippen LogP contribution >= 0.6 is 0 Å². The summed E-state index contributed by atoms with van der Waals surface area (Å²) in [5, 5.41) is 0. The number of hydrogen-bond donors (Lipinski definition) is 1. The van der Waals surface area contributed by atoms with Crippen LogP contribution in [0.15, 0.2) is 59.5 Å². The second-order valence-electron chi connectivity index (χ2n) is 7.32. The van der Waals surface area contributed by atoms with E-state index in [-0.39, 0.29) is 10.5 Å². The number of fused-ring (bicyclic) bond motifs is 1. The van der Waals surface area contributed by atoms with Crippen LogP contribution in [0.5, 0.6) is 5.75 Å². The molecule has 0 amide bonds. The molecule has 0 fully saturated rings. The Hall–Kier alpha value is -2.84. The van der Waals surface area contributed by atoms with E-state index in [1.165, 1.54) is 6.07 Å². The molecule has 0 unspecified atom stereocenters. The standard InChI is InChI=1S/C22H18F3NO3S/c1-30(27,28)15-4-2-3-12(8-15)13-5-6-21-14(7-13)9-20(26)22(29-21)16-10-18(24)19(25)11-17(16)23/h2-8,10-11,20,22H,9,26H2,1H3/t20-,22+/m1/s1. The van der Waals surface area contributed by atoms with E-state index >= 15 is 0 Å². The van der Waals surface area contributed by atoms with Crippen LogP contribution in [-0.4, -0.2) is 20.7 Å². The topological polar surface area (TPSA) is 69.4 Å². The molecule has 0 aromatic heterocycles. The molecule has 1 aliphatic heterocycles. The highest BCUT2D eigenvalue weighted by atomic mass is 32.2. The van der Waals surface area contributed by atoms with Gasteiger partial charge in [0, 0.05) is 17.9 Å². The van der Waals surface area contributed by atoms with Gasteiger partial charge < -0.3 is 10.5 Å². The Morgan fingerprint density at radius 1 is 0.933 bits per heavy atom. The van der Waals surface area contributed by atoms with Crippen molar-refractivity contribution in [2.24, 2.45) is 5.73 Å². The highest BCUT2D eigenvalue weighted by molar-refractivity contribution is 7.90. The minimum absolute atomic E-state index is 0.142. The van der Waals surface area contributed by atoms with Crippen molar-refractivity contribution in [1.82, 2.24) is 0 Å². The van der Waals surface area contributed by atoms with E-state index in [0.29, 0.717) is 23.8 Å². The van der Waals surface area contributed by atoms with Crippen LogP contribution in [0.2, 0.25) is 0 Å². The maximum atomic E-state index is 14.2. The van der Waals surface area contributed by atoms with Gasteiger partial charge in [-0.3, -0.25) is 0 Å². The second-order valence-corrected chi connectivity index (χ2v) is 9.33. The molecule has 0 radical (unpaired) electrons. The van der Waals surface area contributed by atoms with Gasteiger partial charge in [-0.15, -0.1) is 0 Å². The molecular weight excluding hydrogens is 415 g/mol. The van der Waals surface area contributed by atoms with Crippen molar-refractivity contribution in [2.45, 2.75) is 23.5 Å². The summed E-state index contributed by atoms with van der Waals surface area (Å²) < 4.78 is 70.5. The molecule has 3 aromatic rings. The summed E-state index contributed by atoms with van der Waals surface area (Å²) >= 11 is 0. The van der Waals surface area contributed by atoms with E-state index in [2.05, 4.69) is 0 Å². The molecule has 30 heavy (non-hydrogen) atoms. The Bertz CT molecular complexity index is 1240. The molecule has 4 nitrogen and oxygen atoms in total. The SMILES string of the molecule is CS(=O)(=O)c1cccc(-c2ccc3c(c2)C[C@@H](N)[C@H](c2cc(F)c(F)cc2F)O3)c1. The third-order valence-corrected chi connectivity index (χ3v) is 6.21. The lowest BCUT2D eigenvalue weighted by Gasteiger charge is -2.32. The first-order chi connectivity index (χ1) is 14.1. The van der Waals surface area contributed by atoms with Gasteiger partial charge in [0.15, 0.2) is 21.5 Å². The molecule has 8 heteroatoms. The third kappa shape index (κ3) is 3.80. The van der Waals surface area contributed by atoms with Gasteiger partial charge in [-0.2, -0.15) is 0 Å². The van der Waals surface area contributed by atoms with E-state index in [1.807, 2.05) is 6.07 Å². The molecular formula is C22H18F3NO3S. The van der Waals surface area contributed by atoms with Gasteiger partial charge in [0.2, 0.25) is 0 Å². The van der Waals surface area contributed by atoms with Crippen LogP contribution in [0.4, 0.5) is 13.2 Å². The summed E-state index contributed by atoms with van der Waals surface area (Å²) in [4.78, 5) is 0.208. The van der Waals surface area contributed by atoms with Crippen molar-refractivity contribution in [1.29, 1.82) is 0 Å². The molecule has 3 aromatic carbocycles. The second kappa shape index (κ2) is 7.45. The minimum atomic E-state index is -3.35. The highest BCUT2D eigenvalue weighted by Gasteiger charge is 2.32. The van der Waals surface area contributed by atoms with Crippen LogP contribution in [0.25, 0.3) is 11.1 Å². The molecule has 1 heterocycles. The number of hydrogen-bond acceptors (Lipinski definition) is 4. The third-order valence-electron chi connectivity index (χ3n) is 5.10. The maximum absolute atomic E-state index is 14.2. The number of benzene rings is 3. The van der Waals surface area contributed by atoms with E-state index < -0.39 is 39.4 Å². The van der Waals surface area contributed by atoms with Crippen molar-refractivity contribution >= 4 is 9.84 Å². The summed E-state index contributed by atoms with van der Waals surface area (Å²) in [5.74, 6) is -2.92. The largest absolute Gasteiger partial charge is 0.484 e. The lowest BCUT2D eigenvalue weighted by atomic mass is 9.91. The summed E-state index contributed by atoms with van der Waals surface area (Å²) in [7, 11) is -3.35. The zero-order valence-electron chi connectivity index (χ0n) is 15.9. The summed E-state index contributed by atoms with van der Waals surface area (Å²) in [6.07, 6.45) is 0.494. The van der Waals surface area contributed by atoms with Gasteiger partial charge in [-0.05, 0) is 53.4 Å². The van der Waals surface area contributed by atoms with Gasteiger partial charge in [0.25, 0.3) is 0 Å². The highest BCUT2D eigenvalue weighted by Crippen LogP contribution is 2.38. The van der Waals surface area contributed by atoms with Gasteiger partial charge >= 0.3 is 0 Å². The van der Waals surface area contributed by atoms with Crippen LogP contribution in [0.3, 0.4) is 0 Å². The predicted octanol–water partition coefficient (Wildman–Crippen LogP) is 4.18. The van der Waals surface area contributed by atoms with E-state index in [9.17, 15) is 21.6 Å². The normalized spacial score (nSPS) is 18.6. The van der Waals surface area contributed by atoms with Crippen molar-refractivity contribution in [2.75, 3.05) is 6.26 Å². The number of ether oxygens (including phenoxy) is 1. The Morgan fingerprint density at radius 2 is 1.63 bits per heavy atom. The zero-order chi connectivity index (χ0) is 21.6. The van der Waals surface area contributed by atoms with Crippen molar-refractivity contribution in [3.05, 3.63) is 83.2 Å². The number of nitrogens with two attached hydrogens (primary N) is 1. The average Bonchev–Trinajstić information content (AvgIpc) is 2.69. The van der Waals surface area contributed by atoms with Gasteiger partial charge in [-0.1, -0.05) is 18.2 Å². The molecule has 1 aliphatic rings. The van der Waals surface area contributed by atoms with Gasteiger partial charge in [-0.25, -0.2) is 21.6 Å². The molecule has 0 saturated carbocycles. The first-order valence-corrected chi connectivity index (χ1v) is 11.0. The van der Waals surface area contributed by atoms with Crippen LogP contribution in [-0.2, 0) is 16.3 Å². The van der Waals surface area contributed by atoms with Crippen LogP contribution < -0.4 is 10.5 Å². The Labute approximate surface area is 172 Å². The molecule has 0 aliphatic carbocycles. The molecule has 0 saturated heterocycles. The molecule has 2 atom stereocenters. The quantitative estimate of drug-likeness (QED) is 0.630. The smallest absolute Gasteiger partial charge is 0.175 e. The van der Waals surface area contributed by atoms with Crippen molar-refractivity contribution in [3.8, 4) is 16.9 Å². The summed E-state index contributed by atoms with van der Waals surface area (Å²) in [6.45, 7) is 0. The molecule has 0 bridgehead atoms. The predicted molar refractivity (Wildman–Crippen MR) is 106 cm³/mol. The zero-order valence-corrected chi connectivity index (χ0v) is 16.7. The van der Waals surface area contributed by atoms with Crippen LogP contribution in [0, 0.1) is 17.5 Å². The first-order valence-electron chi connectivity index (χ1n) is 9.13. The van der Waals surface area contributed by atoms with Gasteiger partial charge in [0.1, 0.15) is 17.7 Å². The van der Waals surface area contributed by atoms with Crippen molar-refractivity contribution < 1.29 is 26.3 Å². The molecule has 156 valence electrons. The monoisotopic (exact) mass is 433 g/mol. The first kappa shape index (κ1) is 20.4. The van der Waals surface area contributed by atoms with Gasteiger partial charge in [0.05, 0.1) is 10.9 Å². The molecule has 0 spiro atoms. The summed E-state index contributed by atoms with van der Waals surface area (Å²) in [6, 6.07) is 12.4. The summed E-state index contributed by atoms with van der Waals surface area (Å²) in [5.41, 5.74) is 8.26. The lowest BCUT2D eigenvalue weighted by molar-refractivity contribution is 0.148. The van der Waals surface area contributed by atoms with Crippen LogP contribution in [0.1, 0.15) is 17.2 Å². The fourth-order valence-corrected chi connectivity index (χ4v) is 4.24. The van der Waals surface area contributed by atoms with E-state index in [0.717, 1.165) is 23.4 Å².